The van der Waals surface area contributed by atoms with Crippen LogP contribution in [-0.2, 0) is 9.59 Å². The fourth-order valence-corrected chi connectivity index (χ4v) is 2.24. The van der Waals surface area contributed by atoms with Gasteiger partial charge in [-0.25, -0.2) is 0 Å². The van der Waals surface area contributed by atoms with Crippen molar-refractivity contribution >= 4 is 11.6 Å². The summed E-state index contributed by atoms with van der Waals surface area (Å²) in [6.07, 6.45) is 3.63. The summed E-state index contributed by atoms with van der Waals surface area (Å²) in [6, 6.07) is 0. The van der Waals surface area contributed by atoms with Gasteiger partial charge in [0, 0.05) is 11.1 Å². The summed E-state index contributed by atoms with van der Waals surface area (Å²) in [7, 11) is 0. The van der Waals surface area contributed by atoms with Gasteiger partial charge in [0.15, 0.2) is 11.6 Å². The van der Waals surface area contributed by atoms with Gasteiger partial charge in [0.25, 0.3) is 0 Å². The lowest BCUT2D eigenvalue weighted by Crippen LogP contribution is -2.44. The molecule has 1 unspecified atom stereocenters. The second kappa shape index (κ2) is 4.43. The van der Waals surface area contributed by atoms with E-state index < -0.39 is 5.41 Å². The largest absolute Gasteiger partial charge is 0.295 e. The van der Waals surface area contributed by atoms with Crippen LogP contribution in [0.4, 0.5) is 0 Å². The normalized spacial score (nSPS) is 24.9. The molecule has 1 rings (SSSR count). The molecule has 106 valence electrons. The molecule has 0 aliphatic heterocycles. The summed E-state index contributed by atoms with van der Waals surface area (Å²) < 4.78 is 0. The van der Waals surface area contributed by atoms with Crippen LogP contribution < -0.4 is 0 Å². The van der Waals surface area contributed by atoms with E-state index in [1.807, 2.05) is 54.5 Å². The molecule has 0 N–H and O–H groups in total. The number of hydrogen-bond acceptors (Lipinski definition) is 2. The van der Waals surface area contributed by atoms with E-state index in [1.165, 1.54) is 0 Å². The maximum Gasteiger partial charge on any atom is 0.169 e. The Kier molecular flexibility index (Phi) is 3.70. The van der Waals surface area contributed by atoms with Gasteiger partial charge in [-0.2, -0.15) is 0 Å². The van der Waals surface area contributed by atoms with E-state index >= 15 is 0 Å². The Balaban J connectivity index is 3.54. The second-order valence-corrected chi connectivity index (χ2v) is 7.75. The molecule has 0 heterocycles. The quantitative estimate of drug-likeness (QED) is 0.712. The van der Waals surface area contributed by atoms with Gasteiger partial charge in [-0.3, -0.25) is 9.59 Å². The minimum absolute atomic E-state index is 0.0183. The number of rotatable bonds is 1. The average Bonchev–Trinajstić information content (AvgIpc) is 2.18. The van der Waals surface area contributed by atoms with Crippen molar-refractivity contribution in [3.8, 4) is 0 Å². The maximum absolute atomic E-state index is 12.9. The highest BCUT2D eigenvalue weighted by Gasteiger charge is 2.47. The first-order valence-electron chi connectivity index (χ1n) is 6.81. The van der Waals surface area contributed by atoms with E-state index in [0.717, 1.165) is 5.57 Å². The molecule has 0 fully saturated rings. The molecule has 2 nitrogen and oxygen atoms in total. The Hall–Kier alpha value is -1.18. The third-order valence-electron chi connectivity index (χ3n) is 4.23. The van der Waals surface area contributed by atoms with Crippen molar-refractivity contribution in [1.82, 2.24) is 0 Å². The van der Waals surface area contributed by atoms with E-state index in [4.69, 9.17) is 0 Å². The van der Waals surface area contributed by atoms with Crippen molar-refractivity contribution in [3.63, 3.8) is 0 Å². The molecule has 1 atom stereocenters. The van der Waals surface area contributed by atoms with Crippen LogP contribution in [0.2, 0.25) is 0 Å². The molecule has 19 heavy (non-hydrogen) atoms. The number of allylic oxidation sites excluding steroid dienone is 4. The van der Waals surface area contributed by atoms with E-state index in [9.17, 15) is 9.59 Å². The topological polar surface area (TPSA) is 34.1 Å². The molecule has 1 aliphatic rings. The SMILES string of the molecule is CC(=O)C1=CC(C)(C(C)(C)C)C(=O)C(C(C)(C)C)=C1. The Morgan fingerprint density at radius 1 is 1.11 bits per heavy atom. The first kappa shape index (κ1) is 15.9. The minimum atomic E-state index is -0.634. The Labute approximate surface area is 117 Å². The zero-order valence-corrected chi connectivity index (χ0v) is 13.5. The van der Waals surface area contributed by atoms with Gasteiger partial charge >= 0.3 is 0 Å². The molecule has 0 bridgehead atoms. The van der Waals surface area contributed by atoms with E-state index in [2.05, 4.69) is 0 Å². The number of carbonyl (C=O) groups is 2. The summed E-state index contributed by atoms with van der Waals surface area (Å²) in [5, 5.41) is 0. The lowest BCUT2D eigenvalue weighted by molar-refractivity contribution is -0.127. The molecule has 2 heteroatoms. The van der Waals surface area contributed by atoms with Crippen LogP contribution in [0.5, 0.6) is 0 Å². The minimum Gasteiger partial charge on any atom is -0.295 e. The van der Waals surface area contributed by atoms with Crippen LogP contribution >= 0.6 is 0 Å². The van der Waals surface area contributed by atoms with Crippen LogP contribution in [0.1, 0.15) is 55.4 Å². The van der Waals surface area contributed by atoms with Crippen LogP contribution in [0, 0.1) is 16.2 Å². The summed E-state index contributed by atoms with van der Waals surface area (Å²) in [4.78, 5) is 24.7. The molecule has 0 spiro atoms. The zero-order valence-electron chi connectivity index (χ0n) is 13.5. The zero-order chi connectivity index (χ0) is 15.2. The van der Waals surface area contributed by atoms with Gasteiger partial charge < -0.3 is 0 Å². The second-order valence-electron chi connectivity index (χ2n) is 7.75. The molecule has 0 saturated heterocycles. The molecular formula is C17H26O2. The smallest absolute Gasteiger partial charge is 0.169 e. The Morgan fingerprint density at radius 2 is 1.58 bits per heavy atom. The van der Waals surface area contributed by atoms with Gasteiger partial charge in [-0.05, 0) is 30.8 Å². The first-order chi connectivity index (χ1) is 8.30. The first-order valence-corrected chi connectivity index (χ1v) is 6.81. The van der Waals surface area contributed by atoms with Crippen molar-refractivity contribution in [2.45, 2.75) is 55.4 Å². The van der Waals surface area contributed by atoms with Crippen LogP contribution in [0.25, 0.3) is 0 Å². The van der Waals surface area contributed by atoms with Crippen molar-refractivity contribution in [1.29, 1.82) is 0 Å². The van der Waals surface area contributed by atoms with Gasteiger partial charge in [-0.15, -0.1) is 0 Å². The highest BCUT2D eigenvalue weighted by molar-refractivity contribution is 6.09. The standard InChI is InChI=1S/C17H26O2/c1-11(18)12-9-13(15(2,3)4)14(19)17(8,10-12)16(5,6)7/h9-10H,1-8H3. The highest BCUT2D eigenvalue weighted by atomic mass is 16.1. The van der Waals surface area contributed by atoms with E-state index in [1.54, 1.807) is 13.0 Å². The monoisotopic (exact) mass is 262 g/mol. The molecule has 0 amide bonds. The summed E-state index contributed by atoms with van der Waals surface area (Å²) >= 11 is 0. The van der Waals surface area contributed by atoms with Crippen LogP contribution in [-0.4, -0.2) is 11.6 Å². The summed E-state index contributed by atoms with van der Waals surface area (Å²) in [5.74, 6) is 0.155. The third kappa shape index (κ3) is 2.72. The fraction of sp³-hybridized carbons (Fsp3) is 0.647. The molecule has 0 aromatic carbocycles. The molecular weight excluding hydrogens is 236 g/mol. The van der Waals surface area contributed by atoms with Gasteiger partial charge in [-0.1, -0.05) is 47.6 Å². The number of carbonyl (C=O) groups excluding carboxylic acids is 2. The molecule has 0 saturated carbocycles. The Bertz CT molecular complexity index is 478. The highest BCUT2D eigenvalue weighted by Crippen LogP contribution is 2.48. The molecule has 0 aromatic heterocycles. The number of Topliss-reactive ketones (excluding diaryl/α,β-unsaturated/α-hetero) is 2. The predicted molar refractivity (Wildman–Crippen MR) is 78.9 cm³/mol. The Morgan fingerprint density at radius 3 is 1.89 bits per heavy atom. The van der Waals surface area contributed by atoms with Crippen molar-refractivity contribution in [2.75, 3.05) is 0 Å². The van der Waals surface area contributed by atoms with Gasteiger partial charge in [0.2, 0.25) is 0 Å². The maximum atomic E-state index is 12.9. The van der Waals surface area contributed by atoms with Crippen molar-refractivity contribution in [2.24, 2.45) is 16.2 Å². The van der Waals surface area contributed by atoms with E-state index in [-0.39, 0.29) is 22.4 Å². The molecule has 0 radical (unpaired) electrons. The lowest BCUT2D eigenvalue weighted by Gasteiger charge is -2.43. The van der Waals surface area contributed by atoms with Crippen LogP contribution in [0.3, 0.4) is 0 Å². The predicted octanol–water partition coefficient (Wildman–Crippen LogP) is 4.11. The van der Waals surface area contributed by atoms with Gasteiger partial charge in [0.1, 0.15) is 0 Å². The number of ketones is 2. The van der Waals surface area contributed by atoms with Crippen molar-refractivity contribution < 1.29 is 9.59 Å². The average molecular weight is 262 g/mol. The summed E-state index contributed by atoms with van der Waals surface area (Å²) in [6.45, 7) is 15.7. The summed E-state index contributed by atoms with van der Waals surface area (Å²) in [5.41, 5.74) is 0.291. The third-order valence-corrected chi connectivity index (χ3v) is 4.23. The number of hydrogen-bond donors (Lipinski definition) is 0. The van der Waals surface area contributed by atoms with Gasteiger partial charge in [0.05, 0.1) is 5.41 Å². The fourth-order valence-electron chi connectivity index (χ4n) is 2.24. The molecule has 0 aromatic rings. The molecule has 1 aliphatic carbocycles. The van der Waals surface area contributed by atoms with Crippen molar-refractivity contribution in [3.05, 3.63) is 23.3 Å². The van der Waals surface area contributed by atoms with E-state index in [0.29, 0.717) is 5.57 Å². The lowest BCUT2D eigenvalue weighted by atomic mass is 9.59. The van der Waals surface area contributed by atoms with Crippen LogP contribution in [0.15, 0.2) is 23.3 Å².